The molecule has 0 aliphatic rings. The van der Waals surface area contributed by atoms with Crippen molar-refractivity contribution in [3.8, 4) is 0 Å². The second kappa shape index (κ2) is 5.72. The Balaban J connectivity index is 2.93. The third-order valence-electron chi connectivity index (χ3n) is 1.79. The van der Waals surface area contributed by atoms with Gasteiger partial charge in [-0.25, -0.2) is 18.5 Å². The summed E-state index contributed by atoms with van der Waals surface area (Å²) in [6.07, 6.45) is -0.933. The predicted octanol–water partition coefficient (Wildman–Crippen LogP) is -0.869. The van der Waals surface area contributed by atoms with Gasteiger partial charge in [0.1, 0.15) is 0 Å². The smallest absolute Gasteiger partial charge is 0.411 e. The van der Waals surface area contributed by atoms with E-state index in [0.717, 1.165) is 0 Å². The first-order valence-corrected chi connectivity index (χ1v) is 7.11. The van der Waals surface area contributed by atoms with E-state index >= 15 is 0 Å². The van der Waals surface area contributed by atoms with Crippen LogP contribution in [0.25, 0.3) is 0 Å². The summed E-state index contributed by atoms with van der Waals surface area (Å²) < 4.78 is 47.8. The first-order chi connectivity index (χ1) is 9.04. The molecule has 0 saturated heterocycles. The molecular formula is C7H7F2N4O5S2-. The zero-order valence-corrected chi connectivity index (χ0v) is 11.1. The van der Waals surface area contributed by atoms with Crippen LogP contribution in [-0.4, -0.2) is 35.6 Å². The summed E-state index contributed by atoms with van der Waals surface area (Å²) in [5.74, 6) is -2.14. The number of carbonyl (C=O) groups is 1. The van der Waals surface area contributed by atoms with E-state index in [9.17, 15) is 27.1 Å². The number of aromatic nitrogens is 2. The molecule has 0 amide bonds. The van der Waals surface area contributed by atoms with Crippen LogP contribution in [0.15, 0.2) is 4.99 Å². The van der Waals surface area contributed by atoms with Crippen LogP contribution in [0.1, 0.15) is 17.8 Å². The minimum atomic E-state index is -5.22. The molecule has 0 bridgehead atoms. The molecule has 112 valence electrons. The highest BCUT2D eigenvalue weighted by molar-refractivity contribution is 7.89. The predicted molar refractivity (Wildman–Crippen MR) is 60.9 cm³/mol. The average molecular weight is 329 g/mol. The van der Waals surface area contributed by atoms with E-state index in [4.69, 9.17) is 5.11 Å². The van der Waals surface area contributed by atoms with Crippen molar-refractivity contribution in [1.29, 1.82) is 0 Å². The third kappa shape index (κ3) is 3.88. The van der Waals surface area contributed by atoms with Crippen molar-refractivity contribution in [1.82, 2.24) is 10.2 Å². The lowest BCUT2D eigenvalue weighted by molar-refractivity contribution is -0.218. The summed E-state index contributed by atoms with van der Waals surface area (Å²) in [6, 6.07) is 0. The van der Waals surface area contributed by atoms with Crippen LogP contribution < -0.4 is 10.2 Å². The minimum Gasteiger partial charge on any atom is -0.862 e. The number of nitrogens with zero attached hydrogens (tertiary/aromatic N) is 3. The van der Waals surface area contributed by atoms with E-state index in [0.29, 0.717) is 0 Å². The summed E-state index contributed by atoms with van der Waals surface area (Å²) in [7, 11) is -5.22. The zero-order valence-electron chi connectivity index (χ0n) is 9.49. The molecule has 0 unspecified atom stereocenters. The molecular weight excluding hydrogens is 322 g/mol. The van der Waals surface area contributed by atoms with Gasteiger partial charge in [-0.05, 0) is 12.3 Å². The molecule has 0 atom stereocenters. The normalized spacial score (nSPS) is 13.4. The average Bonchev–Trinajstić information content (AvgIpc) is 2.73. The van der Waals surface area contributed by atoms with Gasteiger partial charge in [-0.1, -0.05) is 11.3 Å². The number of aliphatic imine (C=N–C) groups is 1. The Morgan fingerprint density at radius 3 is 2.55 bits per heavy atom. The fourth-order valence-corrected chi connectivity index (χ4v) is 2.24. The number of halogens is 2. The maximum atomic E-state index is 13.3. The number of carboxylic acid groups (broad SMARTS) is 1. The number of alkyl halides is 2. The molecule has 20 heavy (non-hydrogen) atoms. The van der Waals surface area contributed by atoms with Gasteiger partial charge in [-0.3, -0.25) is 4.79 Å². The van der Waals surface area contributed by atoms with Crippen LogP contribution in [0.5, 0.6) is 0 Å². The monoisotopic (exact) mass is 329 g/mol. The lowest BCUT2D eigenvalue weighted by Crippen LogP contribution is -2.32. The number of hydrogen-bond donors (Lipinski definition) is 2. The largest absolute Gasteiger partial charge is 0.862 e. The SMILES string of the molecule is NS(=O)(=O)C(F)(F)c1nnc(N=C([O-])CCC(=O)O)s1. The number of hydrogen-bond acceptors (Lipinski definition) is 8. The van der Waals surface area contributed by atoms with Gasteiger partial charge in [-0.2, -0.15) is 8.78 Å². The van der Waals surface area contributed by atoms with Gasteiger partial charge in [0.25, 0.3) is 10.0 Å². The van der Waals surface area contributed by atoms with Crippen molar-refractivity contribution >= 4 is 38.4 Å². The van der Waals surface area contributed by atoms with Crippen molar-refractivity contribution in [2.75, 3.05) is 0 Å². The van der Waals surface area contributed by atoms with E-state index in [1.165, 1.54) is 0 Å². The molecule has 0 aliphatic carbocycles. The highest BCUT2D eigenvalue weighted by atomic mass is 32.2. The molecule has 1 aromatic heterocycles. The Kier molecular flexibility index (Phi) is 4.67. The fourth-order valence-electron chi connectivity index (χ4n) is 0.876. The summed E-state index contributed by atoms with van der Waals surface area (Å²) in [5.41, 5.74) is 0. The molecule has 0 radical (unpaired) electrons. The van der Waals surface area contributed by atoms with Crippen LogP contribution in [0.4, 0.5) is 13.9 Å². The van der Waals surface area contributed by atoms with Crippen molar-refractivity contribution < 1.29 is 32.2 Å². The maximum Gasteiger partial charge on any atom is 0.411 e. The maximum absolute atomic E-state index is 13.3. The van der Waals surface area contributed by atoms with Crippen LogP contribution in [-0.2, 0) is 20.1 Å². The number of nitrogens with two attached hydrogens (primary N) is 1. The summed E-state index contributed by atoms with van der Waals surface area (Å²) in [4.78, 5) is 13.4. The van der Waals surface area contributed by atoms with Gasteiger partial charge >= 0.3 is 11.2 Å². The summed E-state index contributed by atoms with van der Waals surface area (Å²) in [5, 5.41) is 23.6. The topological polar surface area (TPSA) is 159 Å². The molecule has 1 aromatic rings. The molecule has 0 spiro atoms. The van der Waals surface area contributed by atoms with Gasteiger partial charge < -0.3 is 10.2 Å². The molecule has 1 heterocycles. The van der Waals surface area contributed by atoms with Crippen LogP contribution in [0, 0.1) is 0 Å². The highest BCUT2D eigenvalue weighted by Crippen LogP contribution is 2.36. The lowest BCUT2D eigenvalue weighted by Gasteiger charge is -2.08. The number of primary sulfonamides is 1. The molecule has 0 aliphatic heterocycles. The second-order valence-corrected chi connectivity index (χ2v) is 5.91. The first kappa shape index (κ1) is 16.3. The van der Waals surface area contributed by atoms with Gasteiger partial charge in [0, 0.05) is 6.42 Å². The van der Waals surface area contributed by atoms with Crippen LogP contribution in [0.2, 0.25) is 0 Å². The highest BCUT2D eigenvalue weighted by Gasteiger charge is 2.48. The quantitative estimate of drug-likeness (QED) is 0.507. The van der Waals surface area contributed by atoms with E-state index in [-0.39, 0.29) is 11.3 Å². The van der Waals surface area contributed by atoms with Gasteiger partial charge in [0.2, 0.25) is 10.1 Å². The molecule has 9 nitrogen and oxygen atoms in total. The molecule has 3 N–H and O–H groups in total. The summed E-state index contributed by atoms with van der Waals surface area (Å²) in [6.45, 7) is 0. The Morgan fingerprint density at radius 1 is 1.45 bits per heavy atom. The summed E-state index contributed by atoms with van der Waals surface area (Å²) >= 11 is 0.0630. The zero-order chi connectivity index (χ0) is 15.6. The van der Waals surface area contributed by atoms with Crippen LogP contribution >= 0.6 is 11.3 Å². The first-order valence-electron chi connectivity index (χ1n) is 4.74. The molecule has 0 saturated carbocycles. The molecule has 0 aromatic carbocycles. The van der Waals surface area contributed by atoms with E-state index in [2.05, 4.69) is 20.3 Å². The van der Waals surface area contributed by atoms with Crippen molar-refractivity contribution in [3.05, 3.63) is 5.01 Å². The lowest BCUT2D eigenvalue weighted by atomic mass is 10.3. The second-order valence-electron chi connectivity index (χ2n) is 3.35. The molecule has 0 fully saturated rings. The van der Waals surface area contributed by atoms with Crippen molar-refractivity contribution in [2.24, 2.45) is 10.1 Å². The van der Waals surface area contributed by atoms with Crippen molar-refractivity contribution in [2.45, 2.75) is 18.1 Å². The van der Waals surface area contributed by atoms with Gasteiger partial charge in [-0.15, -0.1) is 10.2 Å². The third-order valence-corrected chi connectivity index (χ3v) is 3.72. The van der Waals surface area contributed by atoms with E-state index < -0.39 is 50.1 Å². The van der Waals surface area contributed by atoms with Gasteiger partial charge in [0.15, 0.2) is 0 Å². The fraction of sp³-hybridized carbons (Fsp3) is 0.429. The Bertz CT molecular complexity index is 641. The van der Waals surface area contributed by atoms with Crippen LogP contribution in [0.3, 0.4) is 0 Å². The van der Waals surface area contributed by atoms with Crippen molar-refractivity contribution in [3.63, 3.8) is 0 Å². The minimum absolute atomic E-state index is 0.0630. The molecule has 13 heteroatoms. The Morgan fingerprint density at radius 2 is 2.05 bits per heavy atom. The van der Waals surface area contributed by atoms with E-state index in [1.54, 1.807) is 0 Å². The van der Waals surface area contributed by atoms with E-state index in [1.807, 2.05) is 0 Å². The number of carboxylic acids is 1. The number of aliphatic carboxylic acids is 1. The Hall–Kier alpha value is -1.73. The molecule has 1 rings (SSSR count). The standard InChI is InChI=1S/C7H8F2N4O5S2/c8-7(9,20(10,17)18)5-12-13-6(19-5)11-3(14)1-2-4(15)16/h1-2H2,(H,15,16)(H2,10,17,18)(H,11,13,14)/p-1. The Labute approximate surface area is 114 Å². The van der Waals surface area contributed by atoms with Gasteiger partial charge in [0.05, 0.1) is 0 Å². The number of sulfonamides is 1. The number of rotatable bonds is 6.